The SMILES string of the molecule is O=S(=O)(NCCC(O)c1ccc2c(c1)OCO2)c1cc(F)cc(F)c1. The Hall–Kier alpha value is -2.23. The van der Waals surface area contributed by atoms with E-state index in [0.717, 1.165) is 12.1 Å². The molecule has 0 aliphatic carbocycles. The Bertz CT molecular complexity index is 868. The van der Waals surface area contributed by atoms with Crippen molar-refractivity contribution in [2.24, 2.45) is 0 Å². The highest BCUT2D eigenvalue weighted by Crippen LogP contribution is 2.34. The molecule has 1 aliphatic rings. The third-order valence-corrected chi connectivity index (χ3v) is 5.08. The van der Waals surface area contributed by atoms with Gasteiger partial charge in [0.25, 0.3) is 0 Å². The Balaban J connectivity index is 1.61. The van der Waals surface area contributed by atoms with Crippen LogP contribution >= 0.6 is 0 Å². The molecule has 0 amide bonds. The summed E-state index contributed by atoms with van der Waals surface area (Å²) in [6.45, 7) is -0.00501. The van der Waals surface area contributed by atoms with Gasteiger partial charge in [-0.1, -0.05) is 6.07 Å². The van der Waals surface area contributed by atoms with E-state index in [2.05, 4.69) is 4.72 Å². The summed E-state index contributed by atoms with van der Waals surface area (Å²) in [5.74, 6) is -0.890. The molecule has 0 radical (unpaired) electrons. The van der Waals surface area contributed by atoms with Gasteiger partial charge in [0.1, 0.15) is 11.6 Å². The van der Waals surface area contributed by atoms with E-state index in [-0.39, 0.29) is 19.8 Å². The third-order valence-electron chi connectivity index (χ3n) is 3.64. The maximum Gasteiger partial charge on any atom is 0.240 e. The zero-order valence-electron chi connectivity index (χ0n) is 12.9. The largest absolute Gasteiger partial charge is 0.454 e. The Kier molecular flexibility index (Phi) is 4.89. The molecule has 9 heteroatoms. The van der Waals surface area contributed by atoms with Crippen LogP contribution in [0.3, 0.4) is 0 Å². The van der Waals surface area contributed by atoms with Crippen LogP contribution in [0.4, 0.5) is 8.78 Å². The molecule has 134 valence electrons. The monoisotopic (exact) mass is 371 g/mol. The highest BCUT2D eigenvalue weighted by atomic mass is 32.2. The molecule has 2 N–H and O–H groups in total. The van der Waals surface area contributed by atoms with Crippen LogP contribution in [0, 0.1) is 11.6 Å². The van der Waals surface area contributed by atoms with Gasteiger partial charge in [-0.3, -0.25) is 0 Å². The van der Waals surface area contributed by atoms with Gasteiger partial charge in [0.2, 0.25) is 16.8 Å². The number of aliphatic hydroxyl groups excluding tert-OH is 1. The molecule has 6 nitrogen and oxygen atoms in total. The quantitative estimate of drug-likeness (QED) is 0.812. The van der Waals surface area contributed by atoms with Crippen molar-refractivity contribution in [3.05, 3.63) is 53.6 Å². The van der Waals surface area contributed by atoms with Gasteiger partial charge in [0.15, 0.2) is 11.5 Å². The smallest absolute Gasteiger partial charge is 0.240 e. The van der Waals surface area contributed by atoms with Crippen LogP contribution in [0.25, 0.3) is 0 Å². The zero-order chi connectivity index (χ0) is 18.0. The summed E-state index contributed by atoms with van der Waals surface area (Å²) in [7, 11) is -4.08. The third kappa shape index (κ3) is 4.06. The number of hydrogen-bond acceptors (Lipinski definition) is 5. The molecule has 1 heterocycles. The zero-order valence-corrected chi connectivity index (χ0v) is 13.7. The number of ether oxygens (including phenoxy) is 2. The molecule has 1 unspecified atom stereocenters. The van der Waals surface area contributed by atoms with Crippen molar-refractivity contribution in [3.63, 3.8) is 0 Å². The van der Waals surface area contributed by atoms with Crippen molar-refractivity contribution in [3.8, 4) is 11.5 Å². The minimum atomic E-state index is -4.08. The fraction of sp³-hybridized carbons (Fsp3) is 0.250. The molecule has 0 fully saturated rings. The Morgan fingerprint density at radius 3 is 2.48 bits per heavy atom. The standard InChI is InChI=1S/C16H15F2NO5S/c17-11-6-12(18)8-13(7-11)25(21,22)19-4-3-14(20)10-1-2-15-16(5-10)24-9-23-15/h1-2,5-8,14,19-20H,3-4,9H2. The van der Waals surface area contributed by atoms with E-state index < -0.39 is 32.7 Å². The van der Waals surface area contributed by atoms with Crippen molar-refractivity contribution >= 4 is 10.0 Å². The molecule has 0 saturated heterocycles. The summed E-state index contributed by atoms with van der Waals surface area (Å²) in [4.78, 5) is -0.512. The molecule has 2 aromatic rings. The number of sulfonamides is 1. The summed E-state index contributed by atoms with van der Waals surface area (Å²) in [6, 6.07) is 6.94. The van der Waals surface area contributed by atoms with Crippen molar-refractivity contribution in [1.82, 2.24) is 4.72 Å². The first-order valence-corrected chi connectivity index (χ1v) is 8.87. The van der Waals surface area contributed by atoms with E-state index in [4.69, 9.17) is 9.47 Å². The van der Waals surface area contributed by atoms with Gasteiger partial charge in [-0.25, -0.2) is 21.9 Å². The first-order chi connectivity index (χ1) is 11.8. The minimum Gasteiger partial charge on any atom is -0.454 e. The minimum absolute atomic E-state index is 0.0661. The van der Waals surface area contributed by atoms with Crippen LogP contribution in [0.1, 0.15) is 18.1 Å². The van der Waals surface area contributed by atoms with E-state index >= 15 is 0 Å². The lowest BCUT2D eigenvalue weighted by atomic mass is 10.1. The van der Waals surface area contributed by atoms with E-state index in [1.807, 2.05) is 0 Å². The molecule has 25 heavy (non-hydrogen) atoms. The topological polar surface area (TPSA) is 84.9 Å². The molecule has 3 rings (SSSR count). The maximum atomic E-state index is 13.1. The second kappa shape index (κ2) is 6.95. The number of fused-ring (bicyclic) bond motifs is 1. The highest BCUT2D eigenvalue weighted by Gasteiger charge is 2.19. The second-order valence-electron chi connectivity index (χ2n) is 5.42. The molecule has 0 aromatic heterocycles. The lowest BCUT2D eigenvalue weighted by Crippen LogP contribution is -2.26. The van der Waals surface area contributed by atoms with Crippen LogP contribution in [0.5, 0.6) is 11.5 Å². The van der Waals surface area contributed by atoms with Crippen molar-refractivity contribution in [1.29, 1.82) is 0 Å². The number of nitrogens with one attached hydrogen (secondary N) is 1. The molecule has 0 bridgehead atoms. The van der Waals surface area contributed by atoms with Gasteiger partial charge in [0.05, 0.1) is 11.0 Å². The normalized spacial score (nSPS) is 14.5. The van der Waals surface area contributed by atoms with E-state index in [9.17, 15) is 22.3 Å². The first-order valence-electron chi connectivity index (χ1n) is 7.38. The number of benzene rings is 2. The average molecular weight is 371 g/mol. The average Bonchev–Trinajstić information content (AvgIpc) is 3.01. The van der Waals surface area contributed by atoms with Gasteiger partial charge in [-0.05, 0) is 36.2 Å². The van der Waals surface area contributed by atoms with Crippen LogP contribution in [0.2, 0.25) is 0 Å². The molecule has 2 aromatic carbocycles. The van der Waals surface area contributed by atoms with Gasteiger partial charge in [-0.15, -0.1) is 0 Å². The van der Waals surface area contributed by atoms with E-state index in [0.29, 0.717) is 23.1 Å². The molecular formula is C16H15F2NO5S. The van der Waals surface area contributed by atoms with Crippen LogP contribution in [-0.4, -0.2) is 26.9 Å². The lowest BCUT2D eigenvalue weighted by molar-refractivity contribution is 0.166. The first kappa shape index (κ1) is 17.6. The lowest BCUT2D eigenvalue weighted by Gasteiger charge is -2.12. The van der Waals surface area contributed by atoms with Crippen molar-refractivity contribution < 1.29 is 31.8 Å². The van der Waals surface area contributed by atoms with Gasteiger partial charge in [-0.2, -0.15) is 0 Å². The summed E-state index contributed by atoms with van der Waals surface area (Å²) in [6.07, 6.45) is -0.877. The predicted octanol–water partition coefficient (Wildman–Crippen LogP) is 2.10. The number of halogens is 2. The number of aliphatic hydroxyl groups is 1. The Morgan fingerprint density at radius 2 is 1.76 bits per heavy atom. The summed E-state index contributed by atoms with van der Waals surface area (Å²) >= 11 is 0. The van der Waals surface area contributed by atoms with Crippen molar-refractivity contribution in [2.75, 3.05) is 13.3 Å². The fourth-order valence-electron chi connectivity index (χ4n) is 2.38. The Labute approximate surface area is 143 Å². The van der Waals surface area contributed by atoms with Crippen LogP contribution in [-0.2, 0) is 10.0 Å². The summed E-state index contributed by atoms with van der Waals surface area (Å²) in [5, 5.41) is 10.2. The molecular weight excluding hydrogens is 356 g/mol. The van der Waals surface area contributed by atoms with Gasteiger partial charge >= 0.3 is 0 Å². The molecule has 0 saturated carbocycles. The van der Waals surface area contributed by atoms with Gasteiger partial charge < -0.3 is 14.6 Å². The van der Waals surface area contributed by atoms with E-state index in [1.54, 1.807) is 18.2 Å². The van der Waals surface area contributed by atoms with Crippen LogP contribution < -0.4 is 14.2 Å². The maximum absolute atomic E-state index is 13.1. The summed E-state index contributed by atoms with van der Waals surface area (Å²) in [5.41, 5.74) is 0.542. The number of rotatable bonds is 6. The molecule has 1 aliphatic heterocycles. The molecule has 1 atom stereocenters. The second-order valence-corrected chi connectivity index (χ2v) is 7.19. The predicted molar refractivity (Wildman–Crippen MR) is 83.7 cm³/mol. The number of hydrogen-bond donors (Lipinski definition) is 2. The Morgan fingerprint density at radius 1 is 1.08 bits per heavy atom. The van der Waals surface area contributed by atoms with Gasteiger partial charge in [0, 0.05) is 12.6 Å². The fourth-order valence-corrected chi connectivity index (χ4v) is 3.47. The van der Waals surface area contributed by atoms with E-state index in [1.165, 1.54) is 0 Å². The summed E-state index contributed by atoms with van der Waals surface area (Å²) < 4.78 is 63.0. The highest BCUT2D eigenvalue weighted by molar-refractivity contribution is 7.89. The van der Waals surface area contributed by atoms with Crippen molar-refractivity contribution in [2.45, 2.75) is 17.4 Å². The van der Waals surface area contributed by atoms with Crippen LogP contribution in [0.15, 0.2) is 41.3 Å². The molecule has 0 spiro atoms.